The minimum Gasteiger partial charge on any atom is -0.483 e. The number of carboxylic acid groups (broad SMARTS) is 1. The van der Waals surface area contributed by atoms with Crippen LogP contribution in [0.25, 0.3) is 0 Å². The third-order valence-corrected chi connectivity index (χ3v) is 0.769. The molecule has 0 saturated heterocycles. The fraction of sp³-hybridized carbons (Fsp3) is 0.364. The molecule has 0 aromatic carbocycles. The van der Waals surface area contributed by atoms with Crippen LogP contribution >= 0.6 is 7.92 Å². The largest absolute Gasteiger partial charge is 0.483 e. The van der Waals surface area contributed by atoms with Crippen molar-refractivity contribution in [2.75, 3.05) is 20.0 Å². The van der Waals surface area contributed by atoms with Gasteiger partial charge in [0, 0.05) is 25.0 Å². The Balaban J connectivity index is -0.000000141. The summed E-state index contributed by atoms with van der Waals surface area (Å²) in [6.07, 6.45) is 9.97. The van der Waals surface area contributed by atoms with Gasteiger partial charge in [-0.05, 0) is 20.0 Å². The summed E-state index contributed by atoms with van der Waals surface area (Å²) >= 11 is 0. The van der Waals surface area contributed by atoms with Crippen LogP contribution in [0.4, 0.5) is 0 Å². The summed E-state index contributed by atoms with van der Waals surface area (Å²) in [6.45, 7) is 9.78. The Bertz CT molecular complexity index is 176. The Labute approximate surface area is 106 Å². The fourth-order valence-electron chi connectivity index (χ4n) is 0.321. The predicted octanol–water partition coefficient (Wildman–Crippen LogP) is 2.97. The summed E-state index contributed by atoms with van der Waals surface area (Å²) < 4.78 is 0. The molecule has 1 aliphatic rings. The van der Waals surface area contributed by atoms with Crippen molar-refractivity contribution in [1.82, 2.24) is 0 Å². The molecule has 0 atom stereocenters. The van der Waals surface area contributed by atoms with Crippen LogP contribution in [0.5, 0.6) is 0 Å². The fourth-order valence-corrected chi connectivity index (χ4v) is 0.321. The quantitative estimate of drug-likeness (QED) is 0.584. The van der Waals surface area contributed by atoms with E-state index in [0.29, 0.717) is 7.92 Å². The summed E-state index contributed by atoms with van der Waals surface area (Å²) in [4.78, 5) is 9.31. The predicted molar refractivity (Wildman–Crippen MR) is 64.9 cm³/mol. The van der Waals surface area contributed by atoms with E-state index >= 15 is 0 Å². The Hall–Kier alpha value is -0.0356. The second-order valence-electron chi connectivity index (χ2n) is 2.95. The molecule has 1 aliphatic carbocycles. The standard InChI is InChI=1S/C5H5.C3H5O2.C3H9P.V/c1-2-4-5-3-1;1-2-3(4)5;1-4(2)3;/h1-5H;1-2H2,(H,4,5);1-3H3;/q;-1;;. The Morgan fingerprint density at radius 1 is 1.20 bits per heavy atom. The van der Waals surface area contributed by atoms with Gasteiger partial charge in [0.25, 0.3) is 5.97 Å². The van der Waals surface area contributed by atoms with Gasteiger partial charge in [0.05, 0.1) is 0 Å². The molecule has 0 saturated carbocycles. The summed E-state index contributed by atoms with van der Waals surface area (Å²) in [7, 11) is 0.380. The van der Waals surface area contributed by atoms with Gasteiger partial charge < -0.3 is 12.0 Å². The van der Waals surface area contributed by atoms with Crippen molar-refractivity contribution < 1.29 is 28.5 Å². The molecule has 0 bridgehead atoms. The number of rotatable bonds is 1. The Morgan fingerprint density at radius 3 is 1.53 bits per heavy atom. The van der Waals surface area contributed by atoms with E-state index in [1.165, 1.54) is 0 Å². The first-order valence-electron chi connectivity index (χ1n) is 4.29. The zero-order valence-corrected chi connectivity index (χ0v) is 11.8. The first-order valence-corrected chi connectivity index (χ1v) is 6.97. The van der Waals surface area contributed by atoms with Crippen LogP contribution in [0, 0.1) is 13.3 Å². The smallest absolute Gasteiger partial charge is 0.272 e. The molecule has 1 N–H and O–H groups in total. The van der Waals surface area contributed by atoms with Crippen molar-refractivity contribution in [2.24, 2.45) is 0 Å². The van der Waals surface area contributed by atoms with Gasteiger partial charge in [-0.25, -0.2) is 0 Å². The number of hydrogen-bond acceptors (Lipinski definition) is 1. The van der Waals surface area contributed by atoms with Crippen molar-refractivity contribution in [1.29, 1.82) is 0 Å². The van der Waals surface area contributed by atoms with Gasteiger partial charge in [0.2, 0.25) is 0 Å². The maximum atomic E-state index is 9.31. The van der Waals surface area contributed by atoms with Crippen LogP contribution in [0.15, 0.2) is 24.3 Å². The summed E-state index contributed by atoms with van der Waals surface area (Å²) in [5.41, 5.74) is 0. The van der Waals surface area contributed by atoms with Crippen LogP contribution in [0.1, 0.15) is 6.42 Å². The van der Waals surface area contributed by atoms with Gasteiger partial charge in [0.15, 0.2) is 0 Å². The van der Waals surface area contributed by atoms with E-state index in [4.69, 9.17) is 5.11 Å². The van der Waals surface area contributed by atoms with E-state index in [2.05, 4.69) is 26.9 Å². The van der Waals surface area contributed by atoms with Gasteiger partial charge in [-0.2, -0.15) is 0 Å². The van der Waals surface area contributed by atoms with Crippen LogP contribution in [0.3, 0.4) is 0 Å². The van der Waals surface area contributed by atoms with E-state index in [1.54, 1.807) is 0 Å². The Kier molecular flexibility index (Phi) is 22.3. The SMILES string of the molecule is CP(C)C.[CH2-]CC(=O)O.[CH]1C=CC=C1.[V]. The molecule has 0 aromatic rings. The normalized spacial score (nSPS) is 10.7. The first-order chi connectivity index (χ1) is 6.50. The maximum absolute atomic E-state index is 9.31. The number of carbonyl (C=O) groups is 1. The van der Waals surface area contributed by atoms with Gasteiger partial charge in [-0.1, -0.05) is 30.7 Å². The molecule has 0 aromatic heterocycles. The molecular formula is C11H19O2PV-. The molecule has 1 rings (SSSR count). The summed E-state index contributed by atoms with van der Waals surface area (Å²) in [5.74, 6) is -0.856. The average Bonchev–Trinajstić information content (AvgIpc) is 2.59. The van der Waals surface area contributed by atoms with Crippen LogP contribution in [0.2, 0.25) is 0 Å². The number of hydrogen-bond donors (Lipinski definition) is 1. The average molecular weight is 265 g/mol. The van der Waals surface area contributed by atoms with Crippen molar-refractivity contribution in [2.45, 2.75) is 6.42 Å². The molecule has 0 aliphatic heterocycles. The molecule has 0 spiro atoms. The summed E-state index contributed by atoms with van der Waals surface area (Å²) in [6, 6.07) is 0. The third kappa shape index (κ3) is 41.2. The molecule has 2 radical (unpaired) electrons. The molecular weight excluding hydrogens is 246 g/mol. The van der Waals surface area contributed by atoms with Crippen molar-refractivity contribution in [3.63, 3.8) is 0 Å². The zero-order valence-electron chi connectivity index (χ0n) is 9.55. The molecule has 2 nitrogen and oxygen atoms in total. The van der Waals surface area contributed by atoms with E-state index in [-0.39, 0.29) is 25.0 Å². The van der Waals surface area contributed by atoms with Crippen LogP contribution < -0.4 is 0 Å². The van der Waals surface area contributed by atoms with Gasteiger partial charge >= 0.3 is 0 Å². The Morgan fingerprint density at radius 2 is 1.47 bits per heavy atom. The van der Waals surface area contributed by atoms with Gasteiger partial charge in [-0.15, -0.1) is 7.92 Å². The molecule has 0 unspecified atom stereocenters. The minimum atomic E-state index is -0.856. The third-order valence-electron chi connectivity index (χ3n) is 0.769. The van der Waals surface area contributed by atoms with Gasteiger partial charge in [-0.3, -0.25) is 4.79 Å². The first kappa shape index (κ1) is 20.4. The maximum Gasteiger partial charge on any atom is 0.272 e. The van der Waals surface area contributed by atoms with Crippen LogP contribution in [-0.2, 0) is 23.4 Å². The summed E-state index contributed by atoms with van der Waals surface area (Å²) in [5, 5.41) is 7.66. The molecule has 15 heavy (non-hydrogen) atoms. The molecule has 0 amide bonds. The topological polar surface area (TPSA) is 37.3 Å². The number of carboxylic acids is 1. The number of aliphatic carboxylic acids is 1. The van der Waals surface area contributed by atoms with Crippen LogP contribution in [-0.4, -0.2) is 31.1 Å². The molecule has 0 heterocycles. The van der Waals surface area contributed by atoms with Crippen molar-refractivity contribution in [3.05, 3.63) is 37.6 Å². The second kappa shape index (κ2) is 16.4. The molecule has 86 valence electrons. The second-order valence-corrected chi connectivity index (χ2v) is 5.63. The van der Waals surface area contributed by atoms with Gasteiger partial charge in [0.1, 0.15) is 0 Å². The minimum absolute atomic E-state index is 0. The van der Waals surface area contributed by atoms with E-state index in [0.717, 1.165) is 0 Å². The zero-order chi connectivity index (χ0) is 11.4. The van der Waals surface area contributed by atoms with E-state index in [1.807, 2.05) is 30.7 Å². The van der Waals surface area contributed by atoms with Crippen molar-refractivity contribution >= 4 is 13.9 Å². The van der Waals surface area contributed by atoms with Crippen molar-refractivity contribution in [3.8, 4) is 0 Å². The molecule has 4 heteroatoms. The van der Waals surface area contributed by atoms with E-state index < -0.39 is 5.97 Å². The number of allylic oxidation sites excluding steroid dienone is 4. The molecule has 0 fully saturated rings. The monoisotopic (exact) mass is 265 g/mol. The van der Waals surface area contributed by atoms with E-state index in [9.17, 15) is 4.79 Å².